The van der Waals surface area contributed by atoms with Gasteiger partial charge in [-0.25, -0.2) is 0 Å². The average Bonchev–Trinajstić information content (AvgIpc) is 3.29. The average molecular weight is 905 g/mol. The maximum Gasteiger partial charge on any atom is 0.305 e. The molecule has 64 heavy (non-hydrogen) atoms. The lowest BCUT2D eigenvalue weighted by Crippen LogP contribution is -2.45. The fourth-order valence-electron chi connectivity index (χ4n) is 9.11. The summed E-state index contributed by atoms with van der Waals surface area (Å²) in [7, 11) is 0. The van der Waals surface area contributed by atoms with E-state index in [2.05, 4.69) is 31.3 Å². The largest absolute Gasteiger partial charge is 0.466 e. The predicted molar refractivity (Wildman–Crippen MR) is 278 cm³/mol. The third-order valence-electron chi connectivity index (χ3n) is 13.6. The number of allylic oxidation sites excluding steroid dienone is 2. The molecule has 3 N–H and O–H groups in total. The maximum absolute atomic E-state index is 12.5. The van der Waals surface area contributed by atoms with Crippen LogP contribution in [0, 0.1) is 0 Å². The molecule has 0 aromatic carbocycles. The van der Waals surface area contributed by atoms with Crippen LogP contribution in [-0.4, -0.2) is 47.4 Å². The molecular weight excluding hydrogens is 791 g/mol. The van der Waals surface area contributed by atoms with E-state index in [9.17, 15) is 19.8 Å². The van der Waals surface area contributed by atoms with E-state index in [4.69, 9.17) is 4.74 Å². The van der Waals surface area contributed by atoms with Crippen LogP contribution in [0.15, 0.2) is 12.2 Å². The smallest absolute Gasteiger partial charge is 0.305 e. The lowest BCUT2D eigenvalue weighted by molar-refractivity contribution is -0.143. The first kappa shape index (κ1) is 62.6. The Kier molecular flexibility index (Phi) is 53.0. The Morgan fingerprint density at radius 1 is 0.422 bits per heavy atom. The summed E-state index contributed by atoms with van der Waals surface area (Å²) in [5.41, 5.74) is 0. The van der Waals surface area contributed by atoms with Gasteiger partial charge in [0, 0.05) is 12.8 Å². The zero-order chi connectivity index (χ0) is 46.5. The van der Waals surface area contributed by atoms with Crippen molar-refractivity contribution in [2.45, 2.75) is 334 Å². The summed E-state index contributed by atoms with van der Waals surface area (Å²) < 4.78 is 5.47. The molecule has 0 radical (unpaired) electrons. The van der Waals surface area contributed by atoms with Gasteiger partial charge in [0.05, 0.1) is 25.4 Å². The highest BCUT2D eigenvalue weighted by atomic mass is 16.5. The fraction of sp³-hybridized carbons (Fsp3) is 0.931. The molecule has 0 spiro atoms. The van der Waals surface area contributed by atoms with Crippen LogP contribution in [0.2, 0.25) is 0 Å². The lowest BCUT2D eigenvalue weighted by Gasteiger charge is -2.22. The number of rotatable bonds is 54. The van der Waals surface area contributed by atoms with E-state index in [1.165, 1.54) is 244 Å². The fourth-order valence-corrected chi connectivity index (χ4v) is 9.11. The van der Waals surface area contributed by atoms with Gasteiger partial charge in [-0.05, 0) is 51.4 Å². The number of nitrogens with one attached hydrogen (secondary N) is 1. The Hall–Kier alpha value is -1.40. The normalized spacial score (nSPS) is 12.6. The Balaban J connectivity index is 3.39. The highest BCUT2D eigenvalue weighted by molar-refractivity contribution is 5.76. The van der Waals surface area contributed by atoms with E-state index in [1.807, 2.05) is 0 Å². The minimum atomic E-state index is -0.665. The number of amides is 1. The van der Waals surface area contributed by atoms with Crippen LogP contribution in [0.1, 0.15) is 322 Å². The van der Waals surface area contributed by atoms with Crippen molar-refractivity contribution in [3.63, 3.8) is 0 Å². The highest BCUT2D eigenvalue weighted by Gasteiger charge is 2.20. The molecule has 0 aliphatic heterocycles. The van der Waals surface area contributed by atoms with Gasteiger partial charge < -0.3 is 20.3 Å². The van der Waals surface area contributed by atoms with Gasteiger partial charge in [0.25, 0.3) is 0 Å². The summed E-state index contributed by atoms with van der Waals surface area (Å²) in [4.78, 5) is 24.5. The first-order chi connectivity index (χ1) is 31.5. The molecule has 0 heterocycles. The number of aliphatic hydroxyl groups is 2. The molecule has 0 rings (SSSR count). The molecule has 0 aromatic rings. The van der Waals surface area contributed by atoms with Gasteiger partial charge in [0.2, 0.25) is 5.91 Å². The molecular formula is C58H113NO5. The predicted octanol–water partition coefficient (Wildman–Crippen LogP) is 17.7. The molecule has 0 saturated heterocycles. The highest BCUT2D eigenvalue weighted by Crippen LogP contribution is 2.17. The zero-order valence-electron chi connectivity index (χ0n) is 43.3. The maximum atomic E-state index is 12.5. The van der Waals surface area contributed by atoms with Crippen molar-refractivity contribution in [1.82, 2.24) is 5.32 Å². The van der Waals surface area contributed by atoms with E-state index in [1.54, 1.807) is 0 Å². The summed E-state index contributed by atoms with van der Waals surface area (Å²) in [5.74, 6) is -0.0353. The number of carbonyl (C=O) groups excluding carboxylic acids is 2. The number of ether oxygens (including phenoxy) is 1. The first-order valence-corrected chi connectivity index (χ1v) is 28.9. The minimum absolute atomic E-state index is 0.00101. The molecule has 2 atom stereocenters. The van der Waals surface area contributed by atoms with E-state index in [0.717, 1.165) is 44.9 Å². The summed E-state index contributed by atoms with van der Waals surface area (Å²) >= 11 is 0. The molecule has 6 nitrogen and oxygen atoms in total. The van der Waals surface area contributed by atoms with Gasteiger partial charge >= 0.3 is 5.97 Å². The van der Waals surface area contributed by atoms with Crippen molar-refractivity contribution >= 4 is 11.9 Å². The molecule has 380 valence electrons. The van der Waals surface area contributed by atoms with Gasteiger partial charge in [-0.3, -0.25) is 9.59 Å². The van der Waals surface area contributed by atoms with E-state index in [0.29, 0.717) is 25.9 Å². The van der Waals surface area contributed by atoms with Crippen molar-refractivity contribution in [2.24, 2.45) is 0 Å². The van der Waals surface area contributed by atoms with Gasteiger partial charge in [0.1, 0.15) is 0 Å². The number of unbranched alkanes of at least 4 members (excludes halogenated alkanes) is 41. The summed E-state index contributed by atoms with van der Waals surface area (Å²) in [6, 6.07) is -0.542. The Labute approximate surface area is 399 Å². The van der Waals surface area contributed by atoms with Crippen molar-refractivity contribution in [3.8, 4) is 0 Å². The molecule has 0 bridgehead atoms. The van der Waals surface area contributed by atoms with Crippen molar-refractivity contribution < 1.29 is 24.5 Å². The minimum Gasteiger partial charge on any atom is -0.466 e. The van der Waals surface area contributed by atoms with E-state index in [-0.39, 0.29) is 18.5 Å². The van der Waals surface area contributed by atoms with Crippen LogP contribution < -0.4 is 5.32 Å². The standard InChI is InChI=1S/C58H113NO5/c1-3-5-7-9-11-13-15-17-26-30-34-38-42-46-50-56(61)55(54-60)59-57(62)51-47-43-39-35-31-27-24-22-20-19-21-23-25-29-33-37-41-45-49-53-64-58(63)52-48-44-40-36-32-28-18-16-14-12-10-8-6-4-2/h16,18,55-56,60-61H,3-15,17,19-54H2,1-2H3,(H,59,62)/b18-16-. The van der Waals surface area contributed by atoms with Crippen LogP contribution in [0.3, 0.4) is 0 Å². The number of carbonyl (C=O) groups is 2. The Morgan fingerprint density at radius 2 is 0.734 bits per heavy atom. The number of esters is 1. The van der Waals surface area contributed by atoms with E-state index >= 15 is 0 Å². The monoisotopic (exact) mass is 904 g/mol. The van der Waals surface area contributed by atoms with Gasteiger partial charge in [0.15, 0.2) is 0 Å². The van der Waals surface area contributed by atoms with Gasteiger partial charge in [-0.1, -0.05) is 270 Å². The molecule has 0 aliphatic rings. The number of hydrogen-bond donors (Lipinski definition) is 3. The Morgan fingerprint density at radius 3 is 1.11 bits per heavy atom. The lowest BCUT2D eigenvalue weighted by atomic mass is 10.0. The van der Waals surface area contributed by atoms with Crippen molar-refractivity contribution in [2.75, 3.05) is 13.2 Å². The summed E-state index contributed by atoms with van der Waals surface area (Å²) in [6.07, 6.45) is 63.4. The molecule has 0 aliphatic carbocycles. The molecule has 0 aromatic heterocycles. The number of hydrogen-bond acceptors (Lipinski definition) is 5. The second-order valence-electron chi connectivity index (χ2n) is 20.0. The number of aliphatic hydroxyl groups excluding tert-OH is 2. The molecule has 6 heteroatoms. The quantitative estimate of drug-likeness (QED) is 0.0321. The topological polar surface area (TPSA) is 95.9 Å². The SMILES string of the molecule is CCCCCCC/C=C\CCCCCCCC(=O)OCCCCCCCCCCCCCCCCCCCCCC(=O)NC(CO)C(O)CCCCCCCCCCCCCCCC. The van der Waals surface area contributed by atoms with E-state index < -0.39 is 12.1 Å². The first-order valence-electron chi connectivity index (χ1n) is 28.9. The van der Waals surface area contributed by atoms with Gasteiger partial charge in [-0.15, -0.1) is 0 Å². The van der Waals surface area contributed by atoms with Crippen molar-refractivity contribution in [3.05, 3.63) is 12.2 Å². The third-order valence-corrected chi connectivity index (χ3v) is 13.6. The van der Waals surface area contributed by atoms with Crippen LogP contribution in [0.25, 0.3) is 0 Å². The second kappa shape index (κ2) is 54.2. The molecule has 1 amide bonds. The second-order valence-corrected chi connectivity index (χ2v) is 20.0. The van der Waals surface area contributed by atoms with Crippen LogP contribution in [0.4, 0.5) is 0 Å². The van der Waals surface area contributed by atoms with Crippen LogP contribution >= 0.6 is 0 Å². The summed E-state index contributed by atoms with van der Waals surface area (Å²) in [5, 5.41) is 23.3. The van der Waals surface area contributed by atoms with Crippen molar-refractivity contribution in [1.29, 1.82) is 0 Å². The molecule has 0 saturated carbocycles. The molecule has 2 unspecified atom stereocenters. The zero-order valence-corrected chi connectivity index (χ0v) is 43.3. The summed E-state index contributed by atoms with van der Waals surface area (Å²) in [6.45, 7) is 4.95. The third kappa shape index (κ3) is 50.0. The molecule has 0 fully saturated rings. The van der Waals surface area contributed by atoms with Gasteiger partial charge in [-0.2, -0.15) is 0 Å². The van der Waals surface area contributed by atoms with Crippen LogP contribution in [-0.2, 0) is 14.3 Å². The Bertz CT molecular complexity index is 955. The van der Waals surface area contributed by atoms with Crippen LogP contribution in [0.5, 0.6) is 0 Å².